The molecule has 1 N–H and O–H groups in total. The van der Waals surface area contributed by atoms with Crippen molar-refractivity contribution in [1.82, 2.24) is 20.0 Å². The van der Waals surface area contributed by atoms with Crippen LogP contribution >= 0.6 is 0 Å². The zero-order valence-electron chi connectivity index (χ0n) is 10.6. The topological polar surface area (TPSA) is 33.1 Å². The van der Waals surface area contributed by atoms with E-state index >= 15 is 0 Å². The van der Waals surface area contributed by atoms with Gasteiger partial charge in [-0.25, -0.2) is 0 Å². The third kappa shape index (κ3) is 2.87. The summed E-state index contributed by atoms with van der Waals surface area (Å²) in [5.41, 5.74) is 1.20. The number of nitrogens with one attached hydrogen (secondary N) is 1. The molecule has 1 saturated carbocycles. The van der Waals surface area contributed by atoms with Gasteiger partial charge in [-0.15, -0.1) is 0 Å². The molecule has 94 valence electrons. The summed E-state index contributed by atoms with van der Waals surface area (Å²) in [6.07, 6.45) is 7.47. The van der Waals surface area contributed by atoms with Crippen molar-refractivity contribution >= 4 is 0 Å². The second-order valence-corrected chi connectivity index (χ2v) is 5.43. The van der Waals surface area contributed by atoms with Gasteiger partial charge in [0.15, 0.2) is 0 Å². The first-order chi connectivity index (χ1) is 8.31. The van der Waals surface area contributed by atoms with Crippen LogP contribution in [0, 0.1) is 0 Å². The summed E-state index contributed by atoms with van der Waals surface area (Å²) in [5, 5.41) is 8.12. The van der Waals surface area contributed by atoms with E-state index in [2.05, 4.69) is 21.4 Å². The number of hydrogen-bond donors (Lipinski definition) is 1. The highest BCUT2D eigenvalue weighted by atomic mass is 15.3. The minimum absolute atomic E-state index is 0.720. The number of likely N-dealkylation sites (tertiary alicyclic amines) is 1. The van der Waals surface area contributed by atoms with Crippen LogP contribution in [-0.2, 0) is 13.6 Å². The second kappa shape index (κ2) is 4.78. The van der Waals surface area contributed by atoms with E-state index in [0.29, 0.717) is 0 Å². The fraction of sp³-hybridized carbons (Fsp3) is 0.769. The van der Waals surface area contributed by atoms with Crippen LogP contribution in [0.3, 0.4) is 0 Å². The SMILES string of the molecule is Cn1ccc(CN2CCCC2CNC2CC2)n1. The minimum atomic E-state index is 0.720. The van der Waals surface area contributed by atoms with Crippen molar-refractivity contribution in [3.63, 3.8) is 0 Å². The quantitative estimate of drug-likeness (QED) is 0.829. The molecule has 1 saturated heterocycles. The lowest BCUT2D eigenvalue weighted by Gasteiger charge is -2.23. The summed E-state index contributed by atoms with van der Waals surface area (Å²) in [5.74, 6) is 0. The standard InChI is InChI=1S/C13H22N4/c1-16-8-6-12(15-16)10-17-7-2-3-13(17)9-14-11-4-5-11/h6,8,11,13-14H,2-5,7,9-10H2,1H3. The maximum Gasteiger partial charge on any atom is 0.0764 e. The third-order valence-corrected chi connectivity index (χ3v) is 3.85. The van der Waals surface area contributed by atoms with Gasteiger partial charge in [0.05, 0.1) is 5.69 Å². The van der Waals surface area contributed by atoms with Gasteiger partial charge in [0, 0.05) is 38.4 Å². The molecule has 0 spiro atoms. The van der Waals surface area contributed by atoms with E-state index < -0.39 is 0 Å². The van der Waals surface area contributed by atoms with Gasteiger partial charge >= 0.3 is 0 Å². The van der Waals surface area contributed by atoms with E-state index in [4.69, 9.17) is 0 Å². The molecule has 1 aromatic heterocycles. The average Bonchev–Trinajstić information content (AvgIpc) is 2.90. The molecule has 2 aliphatic rings. The molecule has 4 heteroatoms. The molecule has 17 heavy (non-hydrogen) atoms. The van der Waals surface area contributed by atoms with Crippen LogP contribution < -0.4 is 5.32 Å². The number of aryl methyl sites for hydroxylation is 1. The normalized spacial score (nSPS) is 25.6. The van der Waals surface area contributed by atoms with Gasteiger partial charge in [-0.05, 0) is 38.3 Å². The van der Waals surface area contributed by atoms with E-state index in [1.54, 1.807) is 0 Å². The first kappa shape index (κ1) is 11.2. The molecule has 3 rings (SSSR count). The first-order valence-corrected chi connectivity index (χ1v) is 6.77. The van der Waals surface area contributed by atoms with Gasteiger partial charge in [-0.1, -0.05) is 0 Å². The average molecular weight is 234 g/mol. The number of hydrogen-bond acceptors (Lipinski definition) is 3. The number of nitrogens with zero attached hydrogens (tertiary/aromatic N) is 3. The molecule has 0 radical (unpaired) electrons. The van der Waals surface area contributed by atoms with Crippen LogP contribution in [0.5, 0.6) is 0 Å². The summed E-state index contributed by atoms with van der Waals surface area (Å²) in [6, 6.07) is 3.67. The number of rotatable bonds is 5. The van der Waals surface area contributed by atoms with Crippen molar-refractivity contribution in [1.29, 1.82) is 0 Å². The van der Waals surface area contributed by atoms with Crippen molar-refractivity contribution < 1.29 is 0 Å². The summed E-state index contributed by atoms with van der Waals surface area (Å²) in [7, 11) is 1.99. The molecule has 1 aliphatic heterocycles. The van der Waals surface area contributed by atoms with Gasteiger partial charge in [0.1, 0.15) is 0 Å². The maximum atomic E-state index is 4.47. The van der Waals surface area contributed by atoms with E-state index in [1.165, 1.54) is 37.9 Å². The third-order valence-electron chi connectivity index (χ3n) is 3.85. The van der Waals surface area contributed by atoms with Gasteiger partial charge < -0.3 is 5.32 Å². The number of aromatic nitrogens is 2. The molecule has 2 heterocycles. The Kier molecular flexibility index (Phi) is 3.16. The smallest absolute Gasteiger partial charge is 0.0764 e. The molecular formula is C13H22N4. The van der Waals surface area contributed by atoms with Crippen LogP contribution in [0.1, 0.15) is 31.4 Å². The van der Waals surface area contributed by atoms with Crippen molar-refractivity contribution in [3.05, 3.63) is 18.0 Å². The summed E-state index contributed by atoms with van der Waals surface area (Å²) < 4.78 is 1.89. The lowest BCUT2D eigenvalue weighted by molar-refractivity contribution is 0.235. The molecule has 1 unspecified atom stereocenters. The van der Waals surface area contributed by atoms with Crippen molar-refractivity contribution in [3.8, 4) is 0 Å². The molecule has 1 aliphatic carbocycles. The minimum Gasteiger partial charge on any atom is -0.312 e. The van der Waals surface area contributed by atoms with Crippen molar-refractivity contribution in [2.75, 3.05) is 13.1 Å². The van der Waals surface area contributed by atoms with Crippen LogP contribution in [0.4, 0.5) is 0 Å². The van der Waals surface area contributed by atoms with Crippen LogP contribution in [0.25, 0.3) is 0 Å². The molecule has 0 aromatic carbocycles. The van der Waals surface area contributed by atoms with E-state index in [-0.39, 0.29) is 0 Å². The van der Waals surface area contributed by atoms with Crippen LogP contribution in [0.15, 0.2) is 12.3 Å². The summed E-state index contributed by atoms with van der Waals surface area (Å²) in [6.45, 7) is 3.41. The maximum absolute atomic E-state index is 4.47. The molecule has 0 amide bonds. The Labute approximate surface area is 103 Å². The first-order valence-electron chi connectivity index (χ1n) is 6.77. The molecule has 2 fully saturated rings. The Hall–Kier alpha value is -0.870. The van der Waals surface area contributed by atoms with E-state index in [0.717, 1.165) is 25.2 Å². The molecule has 1 atom stereocenters. The highest BCUT2D eigenvalue weighted by molar-refractivity contribution is 5.00. The fourth-order valence-electron chi connectivity index (χ4n) is 2.68. The van der Waals surface area contributed by atoms with Crippen molar-refractivity contribution in [2.24, 2.45) is 7.05 Å². The monoisotopic (exact) mass is 234 g/mol. The lowest BCUT2D eigenvalue weighted by Crippen LogP contribution is -2.38. The van der Waals surface area contributed by atoms with E-state index in [1.807, 2.05) is 17.9 Å². The van der Waals surface area contributed by atoms with Gasteiger partial charge in [-0.3, -0.25) is 9.58 Å². The Morgan fingerprint density at radius 1 is 1.41 bits per heavy atom. The second-order valence-electron chi connectivity index (χ2n) is 5.43. The predicted molar refractivity (Wildman–Crippen MR) is 67.7 cm³/mol. The Morgan fingerprint density at radius 2 is 2.29 bits per heavy atom. The Bertz CT molecular complexity index is 369. The highest BCUT2D eigenvalue weighted by Crippen LogP contribution is 2.22. The van der Waals surface area contributed by atoms with Crippen molar-refractivity contribution in [2.45, 2.75) is 44.3 Å². The Morgan fingerprint density at radius 3 is 3.00 bits per heavy atom. The lowest BCUT2D eigenvalue weighted by atomic mass is 10.2. The van der Waals surface area contributed by atoms with Crippen LogP contribution in [0.2, 0.25) is 0 Å². The van der Waals surface area contributed by atoms with Gasteiger partial charge in [0.25, 0.3) is 0 Å². The van der Waals surface area contributed by atoms with Gasteiger partial charge in [-0.2, -0.15) is 5.10 Å². The highest BCUT2D eigenvalue weighted by Gasteiger charge is 2.27. The van der Waals surface area contributed by atoms with E-state index in [9.17, 15) is 0 Å². The Balaban J connectivity index is 1.53. The zero-order chi connectivity index (χ0) is 11.7. The zero-order valence-corrected chi connectivity index (χ0v) is 10.6. The fourth-order valence-corrected chi connectivity index (χ4v) is 2.68. The molecule has 4 nitrogen and oxygen atoms in total. The largest absolute Gasteiger partial charge is 0.312 e. The molecule has 1 aromatic rings. The van der Waals surface area contributed by atoms with Crippen LogP contribution in [-0.4, -0.2) is 39.9 Å². The predicted octanol–water partition coefficient (Wildman–Crippen LogP) is 1.14. The summed E-state index contributed by atoms with van der Waals surface area (Å²) >= 11 is 0. The molecule has 0 bridgehead atoms. The van der Waals surface area contributed by atoms with Gasteiger partial charge in [0.2, 0.25) is 0 Å². The molecular weight excluding hydrogens is 212 g/mol. The summed E-state index contributed by atoms with van der Waals surface area (Å²) in [4.78, 5) is 2.58.